The van der Waals surface area contributed by atoms with Crippen molar-refractivity contribution in [2.45, 2.75) is 13.5 Å². The summed E-state index contributed by atoms with van der Waals surface area (Å²) in [6.45, 7) is 1.75. The zero-order valence-corrected chi connectivity index (χ0v) is 11.8. The average Bonchev–Trinajstić information content (AvgIpc) is 2.63. The first kappa shape index (κ1) is 13.3. The topological polar surface area (TPSA) is 39.1 Å². The van der Waals surface area contributed by atoms with Gasteiger partial charge in [-0.15, -0.1) is 11.3 Å². The van der Waals surface area contributed by atoms with Gasteiger partial charge in [0.15, 0.2) is 5.78 Å². The number of hydrogen-bond donors (Lipinski definition) is 0. The van der Waals surface area contributed by atoms with Crippen molar-refractivity contribution in [3.05, 3.63) is 54.5 Å². The van der Waals surface area contributed by atoms with Crippen LogP contribution in [-0.2, 0) is 6.54 Å². The molecule has 2 aromatic rings. The molecule has 2 rings (SSSR count). The molecule has 6 heteroatoms. The first-order valence-corrected chi connectivity index (χ1v) is 6.71. The Bertz CT molecular complexity index is 660. The van der Waals surface area contributed by atoms with Gasteiger partial charge in [0.25, 0.3) is 5.56 Å². The number of nitrogens with zero attached hydrogens (tertiary/aromatic N) is 1. The number of rotatable bonds is 3. The third kappa shape index (κ3) is 2.66. The number of aryl methyl sites for hydroxylation is 1. The fourth-order valence-corrected chi connectivity index (χ4v) is 3.08. The SMILES string of the molecule is Cc1cccc(=O)n1CC(=O)c1cc(Cl)sc1Cl. The Balaban J connectivity index is 2.33. The van der Waals surface area contributed by atoms with Crippen LogP contribution in [0.1, 0.15) is 16.1 Å². The number of ketones is 1. The monoisotopic (exact) mass is 301 g/mol. The normalized spacial score (nSPS) is 10.6. The van der Waals surface area contributed by atoms with Gasteiger partial charge >= 0.3 is 0 Å². The quantitative estimate of drug-likeness (QED) is 0.815. The molecule has 0 saturated heterocycles. The van der Waals surface area contributed by atoms with E-state index in [1.165, 1.54) is 16.7 Å². The van der Waals surface area contributed by atoms with Crippen LogP contribution in [0.5, 0.6) is 0 Å². The van der Waals surface area contributed by atoms with Crippen LogP contribution in [0.4, 0.5) is 0 Å². The van der Waals surface area contributed by atoms with Crippen LogP contribution in [0.15, 0.2) is 29.1 Å². The van der Waals surface area contributed by atoms with E-state index in [0.29, 0.717) is 14.2 Å². The standard InChI is InChI=1S/C12H9Cl2NO2S/c1-7-3-2-4-11(17)15(7)6-9(16)8-5-10(13)18-12(8)14/h2-5H,6H2,1H3. The van der Waals surface area contributed by atoms with Crippen LogP contribution in [0.2, 0.25) is 8.67 Å². The first-order valence-electron chi connectivity index (χ1n) is 5.13. The van der Waals surface area contributed by atoms with E-state index in [4.69, 9.17) is 23.2 Å². The number of Topliss-reactive ketones (excluding diaryl/α,β-unsaturated/α-hetero) is 1. The highest BCUT2D eigenvalue weighted by Crippen LogP contribution is 2.31. The van der Waals surface area contributed by atoms with Crippen LogP contribution in [-0.4, -0.2) is 10.4 Å². The molecule has 0 aromatic carbocycles. The van der Waals surface area contributed by atoms with Gasteiger partial charge in [-0.3, -0.25) is 9.59 Å². The Morgan fingerprint density at radius 2 is 2.11 bits per heavy atom. The molecule has 0 atom stereocenters. The maximum absolute atomic E-state index is 12.1. The molecule has 0 fully saturated rings. The van der Waals surface area contributed by atoms with Crippen LogP contribution < -0.4 is 5.56 Å². The van der Waals surface area contributed by atoms with Gasteiger partial charge < -0.3 is 4.57 Å². The molecule has 18 heavy (non-hydrogen) atoms. The second-order valence-corrected chi connectivity index (χ2v) is 6.04. The number of pyridine rings is 1. The van der Waals surface area contributed by atoms with Crippen LogP contribution in [0.3, 0.4) is 0 Å². The number of carbonyl (C=O) groups is 1. The summed E-state index contributed by atoms with van der Waals surface area (Å²) in [4.78, 5) is 23.7. The highest BCUT2D eigenvalue weighted by molar-refractivity contribution is 7.20. The molecule has 3 nitrogen and oxygen atoms in total. The predicted octanol–water partition coefficient (Wildman–Crippen LogP) is 3.41. The van der Waals surface area contributed by atoms with Gasteiger partial charge in [0.05, 0.1) is 16.4 Å². The van der Waals surface area contributed by atoms with Crippen molar-refractivity contribution in [1.29, 1.82) is 0 Å². The highest BCUT2D eigenvalue weighted by atomic mass is 35.5. The third-order valence-corrected chi connectivity index (χ3v) is 4.01. The Kier molecular flexibility index (Phi) is 3.90. The maximum atomic E-state index is 12.1. The molecule has 0 bridgehead atoms. The zero-order chi connectivity index (χ0) is 13.3. The lowest BCUT2D eigenvalue weighted by molar-refractivity contribution is 0.0970. The molecule has 0 aliphatic carbocycles. The molecule has 0 saturated carbocycles. The number of carbonyl (C=O) groups excluding carboxylic acids is 1. The number of thiophene rings is 1. The van der Waals surface area contributed by atoms with E-state index >= 15 is 0 Å². The van der Waals surface area contributed by atoms with Crippen LogP contribution in [0.25, 0.3) is 0 Å². The van der Waals surface area contributed by atoms with Gasteiger partial charge in [-0.25, -0.2) is 0 Å². The maximum Gasteiger partial charge on any atom is 0.251 e. The summed E-state index contributed by atoms with van der Waals surface area (Å²) in [5.41, 5.74) is 0.885. The van der Waals surface area contributed by atoms with Crippen molar-refractivity contribution in [2.75, 3.05) is 0 Å². The van der Waals surface area contributed by atoms with Crippen molar-refractivity contribution >= 4 is 40.3 Å². The molecule has 0 N–H and O–H groups in total. The van der Waals surface area contributed by atoms with Crippen molar-refractivity contribution < 1.29 is 4.79 Å². The minimum Gasteiger partial charge on any atom is -0.305 e. The molecule has 0 amide bonds. The van der Waals surface area contributed by atoms with E-state index in [-0.39, 0.29) is 17.9 Å². The summed E-state index contributed by atoms with van der Waals surface area (Å²) < 4.78 is 2.22. The predicted molar refractivity (Wildman–Crippen MR) is 74.1 cm³/mol. The van der Waals surface area contributed by atoms with Gasteiger partial charge in [-0.05, 0) is 19.1 Å². The van der Waals surface area contributed by atoms with Crippen molar-refractivity contribution in [2.24, 2.45) is 0 Å². The molecular formula is C12H9Cl2NO2S. The lowest BCUT2D eigenvalue weighted by Gasteiger charge is -2.07. The summed E-state index contributed by atoms with van der Waals surface area (Å²) in [7, 11) is 0. The number of halogens is 2. The van der Waals surface area contributed by atoms with E-state index in [9.17, 15) is 9.59 Å². The fraction of sp³-hybridized carbons (Fsp3) is 0.167. The van der Waals surface area contributed by atoms with Gasteiger partial charge in [0.1, 0.15) is 4.34 Å². The first-order chi connectivity index (χ1) is 8.49. The Labute approximate surface area is 118 Å². The molecule has 2 aromatic heterocycles. The lowest BCUT2D eigenvalue weighted by atomic mass is 10.2. The van der Waals surface area contributed by atoms with Crippen LogP contribution >= 0.6 is 34.5 Å². The molecule has 0 spiro atoms. The van der Waals surface area contributed by atoms with Gasteiger partial charge in [0.2, 0.25) is 0 Å². The highest BCUT2D eigenvalue weighted by Gasteiger charge is 2.15. The molecule has 2 heterocycles. The summed E-state index contributed by atoms with van der Waals surface area (Å²) in [6.07, 6.45) is 0. The second-order valence-electron chi connectivity index (χ2n) is 3.75. The van der Waals surface area contributed by atoms with E-state index in [1.54, 1.807) is 19.1 Å². The minimum absolute atomic E-state index is 0.0295. The molecule has 0 unspecified atom stereocenters. The lowest BCUT2D eigenvalue weighted by Crippen LogP contribution is -2.25. The summed E-state index contributed by atoms with van der Waals surface area (Å²) in [5, 5.41) is 0. The van der Waals surface area contributed by atoms with Crippen molar-refractivity contribution in [3.63, 3.8) is 0 Å². The van der Waals surface area contributed by atoms with E-state index < -0.39 is 0 Å². The number of aromatic nitrogens is 1. The minimum atomic E-state index is -0.223. The third-order valence-electron chi connectivity index (χ3n) is 2.53. The summed E-state index contributed by atoms with van der Waals surface area (Å²) in [5.74, 6) is -0.223. The Morgan fingerprint density at radius 3 is 2.67 bits per heavy atom. The van der Waals surface area contributed by atoms with E-state index in [0.717, 1.165) is 17.0 Å². The van der Waals surface area contributed by atoms with Crippen molar-refractivity contribution in [3.8, 4) is 0 Å². The van der Waals surface area contributed by atoms with Gasteiger partial charge in [-0.1, -0.05) is 29.3 Å². The molecule has 0 aliphatic heterocycles. The molecule has 94 valence electrons. The second kappa shape index (κ2) is 5.26. The Hall–Kier alpha value is -1.10. The molecule has 0 radical (unpaired) electrons. The average molecular weight is 302 g/mol. The summed E-state index contributed by atoms with van der Waals surface area (Å²) in [6, 6.07) is 6.38. The number of hydrogen-bond acceptors (Lipinski definition) is 3. The molecular weight excluding hydrogens is 293 g/mol. The van der Waals surface area contributed by atoms with Crippen LogP contribution in [0, 0.1) is 6.92 Å². The molecule has 0 aliphatic rings. The van der Waals surface area contributed by atoms with E-state index in [2.05, 4.69) is 0 Å². The smallest absolute Gasteiger partial charge is 0.251 e. The van der Waals surface area contributed by atoms with Gasteiger partial charge in [0, 0.05) is 11.8 Å². The largest absolute Gasteiger partial charge is 0.305 e. The summed E-state index contributed by atoms with van der Waals surface area (Å²) >= 11 is 12.8. The fourth-order valence-electron chi connectivity index (χ4n) is 1.59. The zero-order valence-electron chi connectivity index (χ0n) is 9.44. The Morgan fingerprint density at radius 1 is 1.39 bits per heavy atom. The van der Waals surface area contributed by atoms with Gasteiger partial charge in [-0.2, -0.15) is 0 Å². The van der Waals surface area contributed by atoms with E-state index in [1.807, 2.05) is 0 Å². The van der Waals surface area contributed by atoms with Crippen molar-refractivity contribution in [1.82, 2.24) is 4.57 Å².